The maximum Gasteiger partial charge on any atom is 0.246 e. The van der Waals surface area contributed by atoms with E-state index in [9.17, 15) is 9.59 Å². The van der Waals surface area contributed by atoms with Crippen LogP contribution in [-0.2, 0) is 16.0 Å². The zero-order chi connectivity index (χ0) is 23.9. The Kier molecular flexibility index (Phi) is 7.54. The number of hydrogen-bond acceptors (Lipinski definition) is 5. The molecule has 0 aliphatic carbocycles. The first-order valence-electron chi connectivity index (χ1n) is 11.6. The Morgan fingerprint density at radius 3 is 2.47 bits per heavy atom. The Morgan fingerprint density at radius 2 is 1.79 bits per heavy atom. The molecule has 2 amide bonds. The molecule has 7 nitrogen and oxygen atoms in total. The third kappa shape index (κ3) is 5.99. The van der Waals surface area contributed by atoms with Crippen LogP contribution in [0.2, 0.25) is 0 Å². The summed E-state index contributed by atoms with van der Waals surface area (Å²) < 4.78 is 0. The van der Waals surface area contributed by atoms with Crippen molar-refractivity contribution < 1.29 is 9.59 Å². The third-order valence-electron chi connectivity index (χ3n) is 6.07. The van der Waals surface area contributed by atoms with Gasteiger partial charge in [-0.05, 0) is 36.6 Å². The lowest BCUT2D eigenvalue weighted by molar-refractivity contribution is -0.129. The minimum atomic E-state index is -0.485. The Hall–Kier alpha value is -3.71. The molecule has 0 spiro atoms. The van der Waals surface area contributed by atoms with Crippen LogP contribution in [0.25, 0.3) is 0 Å². The zero-order valence-electron chi connectivity index (χ0n) is 19.7. The van der Waals surface area contributed by atoms with E-state index in [0.29, 0.717) is 25.3 Å². The van der Waals surface area contributed by atoms with Gasteiger partial charge in [-0.1, -0.05) is 60.2 Å². The van der Waals surface area contributed by atoms with Crippen LogP contribution in [0, 0.1) is 6.92 Å². The van der Waals surface area contributed by atoms with Crippen molar-refractivity contribution in [3.05, 3.63) is 89.6 Å². The number of rotatable bonds is 8. The fourth-order valence-corrected chi connectivity index (χ4v) is 3.94. The van der Waals surface area contributed by atoms with Gasteiger partial charge >= 0.3 is 0 Å². The number of carbonyl (C=O) groups excluding carboxylic acids is 2. The summed E-state index contributed by atoms with van der Waals surface area (Å²) in [7, 11) is 1.81. The number of nitrogens with one attached hydrogen (secondary N) is 2. The molecule has 34 heavy (non-hydrogen) atoms. The highest BCUT2D eigenvalue weighted by Crippen LogP contribution is 2.19. The van der Waals surface area contributed by atoms with E-state index in [1.165, 1.54) is 11.1 Å². The molecule has 1 fully saturated rings. The van der Waals surface area contributed by atoms with E-state index in [4.69, 9.17) is 0 Å². The second-order valence-electron chi connectivity index (χ2n) is 8.66. The van der Waals surface area contributed by atoms with Crippen molar-refractivity contribution in [3.63, 3.8) is 0 Å². The molecule has 3 aromatic rings. The van der Waals surface area contributed by atoms with Gasteiger partial charge in [0, 0.05) is 26.7 Å². The number of aromatic nitrogens is 1. The summed E-state index contributed by atoms with van der Waals surface area (Å²) in [6.07, 6.45) is 2.47. The predicted molar refractivity (Wildman–Crippen MR) is 135 cm³/mol. The molecule has 1 unspecified atom stereocenters. The summed E-state index contributed by atoms with van der Waals surface area (Å²) >= 11 is 0. The molecule has 0 saturated carbocycles. The molecule has 2 heterocycles. The molecule has 2 aromatic carbocycles. The standard InChI is InChI=1S/C27H31N5O2/c1-20-8-10-21(11-9-20)14-15-28-26(22-6-4-3-5-7-22)27(34)30-23-12-13-24(29-18-23)32-17-16-31(2)25(33)19-32/h3-13,18,26,28H,14-17,19H2,1-2H3,(H,30,34). The Labute approximate surface area is 200 Å². The molecule has 1 atom stereocenters. The summed E-state index contributed by atoms with van der Waals surface area (Å²) in [6.45, 7) is 4.47. The first kappa shape index (κ1) is 23.4. The SMILES string of the molecule is Cc1ccc(CCNC(C(=O)Nc2ccc(N3CCN(C)C(=O)C3)nc2)c2ccccc2)cc1. The number of piperazine rings is 1. The number of pyridine rings is 1. The van der Waals surface area contributed by atoms with Crippen molar-refractivity contribution in [2.45, 2.75) is 19.4 Å². The summed E-state index contributed by atoms with van der Waals surface area (Å²) in [5.74, 6) is 0.669. The molecule has 1 saturated heterocycles. The van der Waals surface area contributed by atoms with Crippen LogP contribution in [0.15, 0.2) is 72.9 Å². The van der Waals surface area contributed by atoms with Gasteiger partial charge in [-0.3, -0.25) is 9.59 Å². The van der Waals surface area contributed by atoms with Gasteiger partial charge in [0.2, 0.25) is 11.8 Å². The number of hydrogen-bond donors (Lipinski definition) is 2. The Balaban J connectivity index is 1.40. The molecule has 0 radical (unpaired) electrons. The highest BCUT2D eigenvalue weighted by molar-refractivity contribution is 5.95. The monoisotopic (exact) mass is 457 g/mol. The fraction of sp³-hybridized carbons (Fsp3) is 0.296. The highest BCUT2D eigenvalue weighted by Gasteiger charge is 2.23. The molecule has 2 N–H and O–H groups in total. The van der Waals surface area contributed by atoms with Crippen LogP contribution >= 0.6 is 0 Å². The Bertz CT molecular complexity index is 1100. The van der Waals surface area contributed by atoms with Crippen LogP contribution in [0.4, 0.5) is 11.5 Å². The van der Waals surface area contributed by atoms with E-state index in [1.807, 2.05) is 54.4 Å². The number of benzene rings is 2. The fourth-order valence-electron chi connectivity index (χ4n) is 3.94. The number of anilines is 2. The molecule has 1 aromatic heterocycles. The molecule has 4 rings (SSSR count). The lowest BCUT2D eigenvalue weighted by Gasteiger charge is -2.32. The quantitative estimate of drug-likeness (QED) is 0.543. The number of amides is 2. The highest BCUT2D eigenvalue weighted by atomic mass is 16.2. The maximum absolute atomic E-state index is 13.2. The number of likely N-dealkylation sites (N-methyl/N-ethyl adjacent to an activating group) is 1. The Morgan fingerprint density at radius 1 is 1.03 bits per heavy atom. The zero-order valence-corrected chi connectivity index (χ0v) is 19.7. The third-order valence-corrected chi connectivity index (χ3v) is 6.07. The first-order valence-corrected chi connectivity index (χ1v) is 11.6. The topological polar surface area (TPSA) is 77.6 Å². The lowest BCUT2D eigenvalue weighted by atomic mass is 10.0. The van der Waals surface area contributed by atoms with Crippen LogP contribution in [0.3, 0.4) is 0 Å². The molecule has 1 aliphatic rings. The van der Waals surface area contributed by atoms with E-state index in [1.54, 1.807) is 11.1 Å². The van der Waals surface area contributed by atoms with Gasteiger partial charge in [-0.15, -0.1) is 0 Å². The largest absolute Gasteiger partial charge is 0.346 e. The summed E-state index contributed by atoms with van der Waals surface area (Å²) in [4.78, 5) is 33.3. The average Bonchev–Trinajstić information content (AvgIpc) is 2.85. The van der Waals surface area contributed by atoms with Crippen molar-refractivity contribution >= 4 is 23.3 Å². The van der Waals surface area contributed by atoms with Gasteiger partial charge < -0.3 is 20.4 Å². The van der Waals surface area contributed by atoms with Crippen molar-refractivity contribution in [2.24, 2.45) is 0 Å². The summed E-state index contributed by atoms with van der Waals surface area (Å²) in [5.41, 5.74) is 3.99. The minimum Gasteiger partial charge on any atom is -0.346 e. The van der Waals surface area contributed by atoms with Crippen LogP contribution < -0.4 is 15.5 Å². The molecule has 7 heteroatoms. The first-order chi connectivity index (χ1) is 16.5. The van der Waals surface area contributed by atoms with Crippen LogP contribution in [0.5, 0.6) is 0 Å². The van der Waals surface area contributed by atoms with Crippen molar-refractivity contribution in [1.29, 1.82) is 0 Å². The van der Waals surface area contributed by atoms with Crippen LogP contribution in [-0.4, -0.2) is 54.9 Å². The second-order valence-corrected chi connectivity index (χ2v) is 8.66. The van der Waals surface area contributed by atoms with E-state index in [0.717, 1.165) is 24.3 Å². The van der Waals surface area contributed by atoms with E-state index in [2.05, 4.69) is 46.8 Å². The average molecular weight is 458 g/mol. The number of aryl methyl sites for hydroxylation is 1. The van der Waals surface area contributed by atoms with Gasteiger partial charge in [-0.25, -0.2) is 4.98 Å². The van der Waals surface area contributed by atoms with Crippen LogP contribution in [0.1, 0.15) is 22.7 Å². The number of carbonyl (C=O) groups is 2. The normalized spacial score (nSPS) is 14.7. The predicted octanol–water partition coefficient (Wildman–Crippen LogP) is 3.18. The van der Waals surface area contributed by atoms with Crippen molar-refractivity contribution in [1.82, 2.24) is 15.2 Å². The minimum absolute atomic E-state index is 0.0767. The summed E-state index contributed by atoms with van der Waals surface area (Å²) in [6, 6.07) is 21.4. The van der Waals surface area contributed by atoms with Gasteiger partial charge in [0.1, 0.15) is 11.9 Å². The molecular weight excluding hydrogens is 426 g/mol. The van der Waals surface area contributed by atoms with Gasteiger partial charge in [0.15, 0.2) is 0 Å². The van der Waals surface area contributed by atoms with E-state index >= 15 is 0 Å². The molecular formula is C27H31N5O2. The smallest absolute Gasteiger partial charge is 0.246 e. The van der Waals surface area contributed by atoms with Crippen molar-refractivity contribution in [3.8, 4) is 0 Å². The van der Waals surface area contributed by atoms with E-state index < -0.39 is 6.04 Å². The van der Waals surface area contributed by atoms with Crippen molar-refractivity contribution in [2.75, 3.05) is 43.4 Å². The van der Waals surface area contributed by atoms with Gasteiger partial charge in [0.25, 0.3) is 0 Å². The van der Waals surface area contributed by atoms with Gasteiger partial charge in [0.05, 0.1) is 18.4 Å². The number of nitrogens with zero attached hydrogens (tertiary/aromatic N) is 3. The molecule has 1 aliphatic heterocycles. The molecule has 0 bridgehead atoms. The van der Waals surface area contributed by atoms with E-state index in [-0.39, 0.29) is 11.8 Å². The van der Waals surface area contributed by atoms with Gasteiger partial charge in [-0.2, -0.15) is 0 Å². The lowest BCUT2D eigenvalue weighted by Crippen LogP contribution is -2.48. The second kappa shape index (κ2) is 10.9. The summed E-state index contributed by atoms with van der Waals surface area (Å²) in [5, 5.41) is 6.39. The molecule has 176 valence electrons. The maximum atomic E-state index is 13.2.